The first-order valence-electron chi connectivity index (χ1n) is 6.02. The number of carbonyl (C=O) groups excluding carboxylic acids is 1. The van der Waals surface area contributed by atoms with Crippen molar-refractivity contribution >= 4 is 27.9 Å². The van der Waals surface area contributed by atoms with E-state index in [1.165, 1.54) is 4.90 Å². The molecule has 1 aromatic rings. The van der Waals surface area contributed by atoms with E-state index >= 15 is 0 Å². The van der Waals surface area contributed by atoms with Gasteiger partial charge < -0.3 is 14.9 Å². The predicted molar refractivity (Wildman–Crippen MR) is 74.4 cm³/mol. The summed E-state index contributed by atoms with van der Waals surface area (Å²) < 4.78 is 0.942. The van der Waals surface area contributed by atoms with Crippen LogP contribution in [0, 0.1) is 6.92 Å². The van der Waals surface area contributed by atoms with Crippen molar-refractivity contribution in [1.82, 2.24) is 9.80 Å². The highest BCUT2D eigenvalue weighted by molar-refractivity contribution is 9.10. The summed E-state index contributed by atoms with van der Waals surface area (Å²) in [6, 6.07) is 5.54. The maximum atomic E-state index is 12.4. The molecule has 1 aliphatic heterocycles. The van der Waals surface area contributed by atoms with Crippen LogP contribution >= 0.6 is 15.9 Å². The van der Waals surface area contributed by atoms with E-state index in [9.17, 15) is 9.59 Å². The Morgan fingerprint density at radius 3 is 2.26 bits per heavy atom. The van der Waals surface area contributed by atoms with Crippen LogP contribution in [-0.2, 0) is 0 Å². The highest BCUT2D eigenvalue weighted by Gasteiger charge is 2.25. The number of benzene rings is 1. The monoisotopic (exact) mass is 326 g/mol. The molecule has 0 aliphatic carbocycles. The molecule has 1 fully saturated rings. The third-order valence-electron chi connectivity index (χ3n) is 3.26. The van der Waals surface area contributed by atoms with Crippen molar-refractivity contribution in [1.29, 1.82) is 0 Å². The van der Waals surface area contributed by atoms with Crippen LogP contribution in [0.1, 0.15) is 15.9 Å². The van der Waals surface area contributed by atoms with Gasteiger partial charge in [0.15, 0.2) is 0 Å². The van der Waals surface area contributed by atoms with Crippen molar-refractivity contribution in [3.8, 4) is 0 Å². The number of hydrogen-bond donors (Lipinski definition) is 1. The zero-order valence-corrected chi connectivity index (χ0v) is 12.2. The van der Waals surface area contributed by atoms with E-state index in [1.807, 2.05) is 19.1 Å². The lowest BCUT2D eigenvalue weighted by molar-refractivity contribution is 0.0624. The molecule has 1 aromatic carbocycles. The van der Waals surface area contributed by atoms with E-state index in [1.54, 1.807) is 11.0 Å². The molecule has 102 valence electrons. The number of amides is 2. The molecular weight excluding hydrogens is 312 g/mol. The van der Waals surface area contributed by atoms with Gasteiger partial charge in [0.1, 0.15) is 0 Å². The van der Waals surface area contributed by atoms with Crippen molar-refractivity contribution in [2.45, 2.75) is 6.92 Å². The van der Waals surface area contributed by atoms with E-state index < -0.39 is 6.09 Å². The molecule has 2 amide bonds. The van der Waals surface area contributed by atoms with Gasteiger partial charge >= 0.3 is 6.09 Å². The highest BCUT2D eigenvalue weighted by Crippen LogP contribution is 2.18. The SMILES string of the molecule is Cc1cc(Br)ccc1C(=O)N1CCN(C(=O)O)CC1. The molecule has 19 heavy (non-hydrogen) atoms. The van der Waals surface area contributed by atoms with Crippen LogP contribution in [0.5, 0.6) is 0 Å². The fraction of sp³-hybridized carbons (Fsp3) is 0.385. The third-order valence-corrected chi connectivity index (χ3v) is 3.75. The minimum atomic E-state index is -0.924. The fourth-order valence-electron chi connectivity index (χ4n) is 2.14. The van der Waals surface area contributed by atoms with E-state index in [4.69, 9.17) is 5.11 Å². The van der Waals surface area contributed by atoms with E-state index in [0.717, 1.165) is 10.0 Å². The number of rotatable bonds is 1. The number of nitrogens with zero attached hydrogens (tertiary/aromatic N) is 2. The van der Waals surface area contributed by atoms with Gasteiger partial charge in [-0.15, -0.1) is 0 Å². The first-order valence-corrected chi connectivity index (χ1v) is 6.81. The van der Waals surface area contributed by atoms with E-state index in [-0.39, 0.29) is 5.91 Å². The van der Waals surface area contributed by atoms with Crippen molar-refractivity contribution in [3.63, 3.8) is 0 Å². The minimum absolute atomic E-state index is 0.0324. The number of carboxylic acid groups (broad SMARTS) is 1. The van der Waals surface area contributed by atoms with Gasteiger partial charge in [0.05, 0.1) is 0 Å². The van der Waals surface area contributed by atoms with Gasteiger partial charge in [0.2, 0.25) is 0 Å². The zero-order chi connectivity index (χ0) is 14.0. The number of piperazine rings is 1. The number of hydrogen-bond acceptors (Lipinski definition) is 2. The summed E-state index contributed by atoms with van der Waals surface area (Å²) in [5.41, 5.74) is 1.59. The largest absolute Gasteiger partial charge is 0.465 e. The topological polar surface area (TPSA) is 60.9 Å². The molecule has 0 bridgehead atoms. The van der Waals surface area contributed by atoms with Crippen LogP contribution in [0.15, 0.2) is 22.7 Å². The first-order chi connectivity index (χ1) is 8.99. The van der Waals surface area contributed by atoms with Crippen molar-refractivity contribution < 1.29 is 14.7 Å². The Kier molecular flexibility index (Phi) is 4.09. The van der Waals surface area contributed by atoms with Gasteiger partial charge in [-0.2, -0.15) is 0 Å². The second-order valence-corrected chi connectivity index (χ2v) is 5.44. The number of carbonyl (C=O) groups is 2. The zero-order valence-electron chi connectivity index (χ0n) is 10.6. The Hall–Kier alpha value is -1.56. The molecule has 1 N–H and O–H groups in total. The maximum Gasteiger partial charge on any atom is 0.407 e. The van der Waals surface area contributed by atoms with Crippen molar-refractivity contribution in [3.05, 3.63) is 33.8 Å². The summed E-state index contributed by atoms with van der Waals surface area (Å²) in [6.07, 6.45) is -0.924. The summed E-state index contributed by atoms with van der Waals surface area (Å²) in [4.78, 5) is 26.2. The molecule has 0 saturated carbocycles. The average molecular weight is 327 g/mol. The Bertz CT molecular complexity index is 511. The first kappa shape index (κ1) is 13.9. The molecular formula is C13H15BrN2O3. The molecule has 1 saturated heterocycles. The molecule has 1 aliphatic rings. The van der Waals surface area contributed by atoms with Gasteiger partial charge in [-0.05, 0) is 30.7 Å². The van der Waals surface area contributed by atoms with Crippen LogP contribution in [-0.4, -0.2) is 53.1 Å². The maximum absolute atomic E-state index is 12.4. The second kappa shape index (κ2) is 5.61. The van der Waals surface area contributed by atoms with Crippen LogP contribution in [0.4, 0.5) is 4.79 Å². The van der Waals surface area contributed by atoms with Crippen molar-refractivity contribution in [2.75, 3.05) is 26.2 Å². The number of halogens is 1. The van der Waals surface area contributed by atoms with Crippen LogP contribution in [0.3, 0.4) is 0 Å². The quantitative estimate of drug-likeness (QED) is 0.860. The summed E-state index contributed by atoms with van der Waals surface area (Å²) >= 11 is 3.37. The molecule has 1 heterocycles. The highest BCUT2D eigenvalue weighted by atomic mass is 79.9. The second-order valence-electron chi connectivity index (χ2n) is 4.52. The van der Waals surface area contributed by atoms with Crippen LogP contribution < -0.4 is 0 Å². The normalized spacial score (nSPS) is 15.5. The molecule has 6 heteroatoms. The van der Waals surface area contributed by atoms with Crippen LogP contribution in [0.25, 0.3) is 0 Å². The summed E-state index contributed by atoms with van der Waals surface area (Å²) in [5, 5.41) is 8.87. The van der Waals surface area contributed by atoms with Gasteiger partial charge in [0.25, 0.3) is 5.91 Å². The third kappa shape index (κ3) is 3.07. The van der Waals surface area contributed by atoms with Crippen molar-refractivity contribution in [2.24, 2.45) is 0 Å². The Labute approximate surface area is 119 Å². The van der Waals surface area contributed by atoms with Crippen LogP contribution in [0.2, 0.25) is 0 Å². The average Bonchev–Trinajstić information content (AvgIpc) is 2.38. The standard InChI is InChI=1S/C13H15BrN2O3/c1-9-8-10(14)2-3-11(9)12(17)15-4-6-16(7-5-15)13(18)19/h2-3,8H,4-7H2,1H3,(H,18,19). The van der Waals surface area contributed by atoms with Gasteiger partial charge in [0, 0.05) is 36.2 Å². The lowest BCUT2D eigenvalue weighted by Gasteiger charge is -2.33. The number of aryl methyl sites for hydroxylation is 1. The summed E-state index contributed by atoms with van der Waals surface area (Å²) in [6.45, 7) is 3.53. The van der Waals surface area contributed by atoms with Gasteiger partial charge in [-0.1, -0.05) is 15.9 Å². The fourth-order valence-corrected chi connectivity index (χ4v) is 2.61. The lowest BCUT2D eigenvalue weighted by Crippen LogP contribution is -2.50. The molecule has 0 unspecified atom stereocenters. The van der Waals surface area contributed by atoms with Gasteiger partial charge in [-0.25, -0.2) is 4.79 Å². The lowest BCUT2D eigenvalue weighted by atomic mass is 10.1. The smallest absolute Gasteiger partial charge is 0.407 e. The molecule has 2 rings (SSSR count). The summed E-state index contributed by atoms with van der Waals surface area (Å²) in [7, 11) is 0. The molecule has 0 spiro atoms. The predicted octanol–water partition coefficient (Wildman–Crippen LogP) is 2.19. The molecule has 0 radical (unpaired) electrons. The Morgan fingerprint density at radius 1 is 1.16 bits per heavy atom. The van der Waals surface area contributed by atoms with Gasteiger partial charge in [-0.3, -0.25) is 4.79 Å². The van der Waals surface area contributed by atoms with E-state index in [2.05, 4.69) is 15.9 Å². The molecule has 5 nitrogen and oxygen atoms in total. The Balaban J connectivity index is 2.07. The summed E-state index contributed by atoms with van der Waals surface area (Å²) in [5.74, 6) is -0.0324. The minimum Gasteiger partial charge on any atom is -0.465 e. The molecule has 0 atom stereocenters. The van der Waals surface area contributed by atoms with E-state index in [0.29, 0.717) is 31.7 Å². The molecule has 0 aromatic heterocycles. The Morgan fingerprint density at radius 2 is 1.74 bits per heavy atom.